The van der Waals surface area contributed by atoms with Crippen molar-refractivity contribution >= 4 is 23.3 Å². The van der Waals surface area contributed by atoms with Crippen molar-refractivity contribution in [1.82, 2.24) is 5.32 Å². The summed E-state index contributed by atoms with van der Waals surface area (Å²) in [5.74, 6) is -0.134. The van der Waals surface area contributed by atoms with Crippen LogP contribution < -0.4 is 10.6 Å². The lowest BCUT2D eigenvalue weighted by atomic mass is 9.81. The largest absolute Gasteiger partial charge is 0.352 e. The molecule has 0 saturated heterocycles. The van der Waals surface area contributed by atoms with Crippen LogP contribution in [-0.4, -0.2) is 24.1 Å². The molecule has 0 unspecified atom stereocenters. The molecule has 1 aliphatic rings. The third kappa shape index (κ3) is 4.78. The summed E-state index contributed by atoms with van der Waals surface area (Å²) in [7, 11) is 0. The smallest absolute Gasteiger partial charge is 0.227 e. The Morgan fingerprint density at radius 3 is 2.33 bits per heavy atom. The monoisotopic (exact) mass is 328 g/mol. The summed E-state index contributed by atoms with van der Waals surface area (Å²) in [5, 5.41) is 5.69. The van der Waals surface area contributed by atoms with Crippen LogP contribution in [-0.2, 0) is 9.59 Å². The minimum Gasteiger partial charge on any atom is -0.352 e. The maximum Gasteiger partial charge on any atom is 0.227 e. The third-order valence-electron chi connectivity index (χ3n) is 4.43. The highest BCUT2D eigenvalue weighted by Gasteiger charge is 2.29. The highest BCUT2D eigenvalue weighted by atomic mass is 16.2. The molecule has 0 bridgehead atoms. The highest BCUT2D eigenvalue weighted by Crippen LogP contribution is 2.30. The summed E-state index contributed by atoms with van der Waals surface area (Å²) in [6.07, 6.45) is 4.49. The molecule has 1 aromatic carbocycles. The molecule has 24 heavy (non-hydrogen) atoms. The van der Waals surface area contributed by atoms with Gasteiger partial charge in [0, 0.05) is 29.6 Å². The van der Waals surface area contributed by atoms with Crippen LogP contribution in [0, 0.1) is 11.8 Å². The SMILES string of the molecule is C=CCNC(=O)C1CCC(C(=O)Nc2cccc(C(C)=O)c2)CC1. The number of carbonyl (C=O) groups is 3. The van der Waals surface area contributed by atoms with Crippen molar-refractivity contribution in [2.24, 2.45) is 11.8 Å². The fraction of sp³-hybridized carbons (Fsp3) is 0.421. The van der Waals surface area contributed by atoms with Gasteiger partial charge in [-0.3, -0.25) is 14.4 Å². The quantitative estimate of drug-likeness (QED) is 0.623. The summed E-state index contributed by atoms with van der Waals surface area (Å²) in [6.45, 7) is 5.56. The number of nitrogens with one attached hydrogen (secondary N) is 2. The number of hydrogen-bond donors (Lipinski definition) is 2. The second-order valence-electron chi connectivity index (χ2n) is 6.21. The predicted molar refractivity (Wildman–Crippen MR) is 93.7 cm³/mol. The Morgan fingerprint density at radius 1 is 1.12 bits per heavy atom. The molecule has 128 valence electrons. The van der Waals surface area contributed by atoms with Gasteiger partial charge in [-0.1, -0.05) is 18.2 Å². The molecule has 0 aromatic heterocycles. The molecule has 5 heteroatoms. The van der Waals surface area contributed by atoms with E-state index in [4.69, 9.17) is 0 Å². The molecule has 1 saturated carbocycles. The molecule has 2 N–H and O–H groups in total. The summed E-state index contributed by atoms with van der Waals surface area (Å²) in [4.78, 5) is 35.7. The Bertz CT molecular complexity index is 631. The van der Waals surface area contributed by atoms with Crippen LogP contribution >= 0.6 is 0 Å². The van der Waals surface area contributed by atoms with Crippen molar-refractivity contribution in [3.05, 3.63) is 42.5 Å². The van der Waals surface area contributed by atoms with Gasteiger partial charge < -0.3 is 10.6 Å². The highest BCUT2D eigenvalue weighted by molar-refractivity contribution is 5.97. The van der Waals surface area contributed by atoms with Crippen LogP contribution in [0.25, 0.3) is 0 Å². The lowest BCUT2D eigenvalue weighted by Crippen LogP contribution is -2.35. The lowest BCUT2D eigenvalue weighted by Gasteiger charge is -2.27. The molecule has 5 nitrogen and oxygen atoms in total. The molecule has 1 fully saturated rings. The zero-order valence-electron chi connectivity index (χ0n) is 14.0. The predicted octanol–water partition coefficient (Wildman–Crippen LogP) is 2.94. The van der Waals surface area contributed by atoms with E-state index in [2.05, 4.69) is 17.2 Å². The van der Waals surface area contributed by atoms with E-state index in [-0.39, 0.29) is 29.4 Å². The maximum absolute atomic E-state index is 12.4. The Labute approximate surface area is 142 Å². The van der Waals surface area contributed by atoms with Crippen LogP contribution in [0.1, 0.15) is 43.0 Å². The summed E-state index contributed by atoms with van der Waals surface area (Å²) in [5.41, 5.74) is 1.22. The van der Waals surface area contributed by atoms with Gasteiger partial charge in [-0.15, -0.1) is 6.58 Å². The zero-order valence-corrected chi connectivity index (χ0v) is 14.0. The van der Waals surface area contributed by atoms with Gasteiger partial charge in [0.05, 0.1) is 0 Å². The molecule has 0 heterocycles. The maximum atomic E-state index is 12.4. The van der Waals surface area contributed by atoms with Crippen molar-refractivity contribution in [2.75, 3.05) is 11.9 Å². The minimum atomic E-state index is -0.0885. The zero-order chi connectivity index (χ0) is 17.5. The molecule has 0 atom stereocenters. The van der Waals surface area contributed by atoms with Crippen LogP contribution in [0.3, 0.4) is 0 Å². The Kier molecular flexibility index (Phi) is 6.29. The van der Waals surface area contributed by atoms with E-state index in [0.29, 0.717) is 43.5 Å². The Morgan fingerprint density at radius 2 is 1.75 bits per heavy atom. The molecule has 0 spiro atoms. The fourth-order valence-electron chi connectivity index (χ4n) is 3.00. The Hall–Kier alpha value is -2.43. The van der Waals surface area contributed by atoms with Crippen molar-refractivity contribution in [2.45, 2.75) is 32.6 Å². The average molecular weight is 328 g/mol. The van der Waals surface area contributed by atoms with Gasteiger partial charge in [0.25, 0.3) is 0 Å². The second kappa shape index (κ2) is 8.43. The molecular formula is C19H24N2O3. The van der Waals surface area contributed by atoms with E-state index in [1.807, 2.05) is 0 Å². The van der Waals surface area contributed by atoms with Crippen LogP contribution in [0.2, 0.25) is 0 Å². The first kappa shape index (κ1) is 17.9. The van der Waals surface area contributed by atoms with Crippen molar-refractivity contribution in [1.29, 1.82) is 0 Å². The first-order valence-electron chi connectivity index (χ1n) is 8.31. The molecule has 0 radical (unpaired) electrons. The lowest BCUT2D eigenvalue weighted by molar-refractivity contribution is -0.128. The van der Waals surface area contributed by atoms with Gasteiger partial charge in [0.15, 0.2) is 5.78 Å². The Balaban J connectivity index is 1.87. The first-order valence-corrected chi connectivity index (χ1v) is 8.31. The van der Waals surface area contributed by atoms with E-state index in [1.165, 1.54) is 6.92 Å². The van der Waals surface area contributed by atoms with Gasteiger partial charge in [-0.05, 0) is 44.7 Å². The van der Waals surface area contributed by atoms with Gasteiger partial charge in [-0.25, -0.2) is 0 Å². The molecule has 0 aliphatic heterocycles. The molecule has 2 amide bonds. The minimum absolute atomic E-state index is 0.0185. The van der Waals surface area contributed by atoms with E-state index in [0.717, 1.165) is 0 Å². The number of anilines is 1. The fourth-order valence-corrected chi connectivity index (χ4v) is 3.00. The normalized spacial score (nSPS) is 20.0. The number of carbonyl (C=O) groups excluding carboxylic acids is 3. The number of amides is 2. The van der Waals surface area contributed by atoms with Gasteiger partial charge in [0.1, 0.15) is 0 Å². The third-order valence-corrected chi connectivity index (χ3v) is 4.43. The first-order chi connectivity index (χ1) is 11.5. The summed E-state index contributed by atoms with van der Waals surface area (Å²) in [6, 6.07) is 6.95. The summed E-state index contributed by atoms with van der Waals surface area (Å²) >= 11 is 0. The van der Waals surface area contributed by atoms with Gasteiger partial charge in [-0.2, -0.15) is 0 Å². The van der Waals surface area contributed by atoms with Crippen LogP contribution in [0.5, 0.6) is 0 Å². The second-order valence-corrected chi connectivity index (χ2v) is 6.21. The summed E-state index contributed by atoms with van der Waals surface area (Å²) < 4.78 is 0. The number of ketones is 1. The van der Waals surface area contributed by atoms with Crippen molar-refractivity contribution in [3.8, 4) is 0 Å². The van der Waals surface area contributed by atoms with E-state index >= 15 is 0 Å². The molecule has 2 rings (SSSR count). The van der Waals surface area contributed by atoms with Crippen molar-refractivity contribution < 1.29 is 14.4 Å². The average Bonchev–Trinajstić information content (AvgIpc) is 2.60. The van der Waals surface area contributed by atoms with E-state index in [9.17, 15) is 14.4 Å². The molecule has 1 aromatic rings. The standard InChI is InChI=1S/C19H24N2O3/c1-3-11-20-18(23)14-7-9-15(10-8-14)19(24)21-17-6-4-5-16(12-17)13(2)22/h3-6,12,14-15H,1,7-11H2,2H3,(H,20,23)(H,21,24). The van der Waals surface area contributed by atoms with E-state index in [1.54, 1.807) is 30.3 Å². The topological polar surface area (TPSA) is 75.3 Å². The van der Waals surface area contributed by atoms with Crippen molar-refractivity contribution in [3.63, 3.8) is 0 Å². The number of Topliss-reactive ketones (excluding diaryl/α,β-unsaturated/α-hetero) is 1. The number of rotatable bonds is 6. The van der Waals surface area contributed by atoms with Crippen LogP contribution in [0.4, 0.5) is 5.69 Å². The van der Waals surface area contributed by atoms with Gasteiger partial charge in [0.2, 0.25) is 11.8 Å². The number of hydrogen-bond acceptors (Lipinski definition) is 3. The molecule has 1 aliphatic carbocycles. The van der Waals surface area contributed by atoms with Gasteiger partial charge >= 0.3 is 0 Å². The van der Waals surface area contributed by atoms with Crippen LogP contribution in [0.15, 0.2) is 36.9 Å². The molecular weight excluding hydrogens is 304 g/mol. The number of benzene rings is 1. The van der Waals surface area contributed by atoms with E-state index < -0.39 is 0 Å².